The average Bonchev–Trinajstić information content (AvgIpc) is 2.97. The Morgan fingerprint density at radius 3 is 2.10 bits per heavy atom. The van der Waals surface area contributed by atoms with E-state index in [9.17, 15) is 4.79 Å². The molecule has 1 atom stereocenters. The van der Waals surface area contributed by atoms with Crippen LogP contribution in [0.15, 0.2) is 84.9 Å². The molecule has 1 unspecified atom stereocenters. The highest BCUT2D eigenvalue weighted by molar-refractivity contribution is 6.00. The summed E-state index contributed by atoms with van der Waals surface area (Å²) in [6.07, 6.45) is 3.88. The molecule has 0 spiro atoms. The Morgan fingerprint density at radius 1 is 0.833 bits per heavy atom. The third-order valence-electron chi connectivity index (χ3n) is 6.24. The van der Waals surface area contributed by atoms with Gasteiger partial charge in [0.1, 0.15) is 0 Å². The molecule has 30 heavy (non-hydrogen) atoms. The van der Waals surface area contributed by atoms with Crippen LogP contribution in [0.25, 0.3) is 5.57 Å². The first kappa shape index (κ1) is 18.8. The van der Waals surface area contributed by atoms with Gasteiger partial charge in [0, 0.05) is 31.8 Å². The maximum atomic E-state index is 13.4. The Labute approximate surface area is 178 Å². The molecule has 3 nitrogen and oxygen atoms in total. The zero-order valence-electron chi connectivity index (χ0n) is 17.1. The normalized spacial score (nSPS) is 18.2. The van der Waals surface area contributed by atoms with Crippen molar-refractivity contribution in [2.24, 2.45) is 0 Å². The van der Waals surface area contributed by atoms with Gasteiger partial charge in [-0.3, -0.25) is 4.79 Å². The molecule has 3 aromatic carbocycles. The molecule has 5 rings (SSSR count). The number of piperazine rings is 1. The molecule has 150 valence electrons. The molecule has 1 aliphatic heterocycles. The number of amides is 1. The number of nitrogens with zero attached hydrogens (tertiary/aromatic N) is 1. The van der Waals surface area contributed by atoms with Gasteiger partial charge in [0.2, 0.25) is 5.91 Å². The van der Waals surface area contributed by atoms with Gasteiger partial charge < -0.3 is 10.2 Å². The van der Waals surface area contributed by atoms with Gasteiger partial charge in [0.05, 0.1) is 0 Å². The molecule has 2 aliphatic rings. The lowest BCUT2D eigenvalue weighted by Gasteiger charge is -2.33. The van der Waals surface area contributed by atoms with Gasteiger partial charge in [-0.05, 0) is 46.2 Å². The zero-order chi connectivity index (χ0) is 20.3. The molecular weight excluding hydrogens is 368 g/mol. The lowest BCUT2D eigenvalue weighted by Crippen LogP contribution is -2.47. The number of benzene rings is 3. The second-order valence-corrected chi connectivity index (χ2v) is 8.07. The number of carbonyl (C=O) groups is 1. The van der Waals surface area contributed by atoms with Gasteiger partial charge in [-0.15, -0.1) is 0 Å². The summed E-state index contributed by atoms with van der Waals surface area (Å²) in [5.41, 5.74) is 7.29. The monoisotopic (exact) mass is 394 g/mol. The van der Waals surface area contributed by atoms with Crippen molar-refractivity contribution in [3.8, 4) is 0 Å². The SMILES string of the molecule is O=C(C=C1c2ccccc2CCc2ccccc21)N1CCNC(c2ccccc2)C1. The van der Waals surface area contributed by atoms with Crippen molar-refractivity contribution in [2.75, 3.05) is 19.6 Å². The highest BCUT2D eigenvalue weighted by atomic mass is 16.2. The topological polar surface area (TPSA) is 32.3 Å². The minimum Gasteiger partial charge on any atom is -0.336 e. The molecule has 3 aromatic rings. The molecule has 0 bridgehead atoms. The van der Waals surface area contributed by atoms with Crippen molar-refractivity contribution in [3.05, 3.63) is 113 Å². The van der Waals surface area contributed by atoms with Gasteiger partial charge in [-0.2, -0.15) is 0 Å². The van der Waals surface area contributed by atoms with Crippen LogP contribution in [0.5, 0.6) is 0 Å². The summed E-state index contributed by atoms with van der Waals surface area (Å²) in [6, 6.07) is 27.6. The fraction of sp³-hybridized carbons (Fsp3) is 0.222. The Bertz CT molecular complexity index is 1040. The first-order valence-corrected chi connectivity index (χ1v) is 10.7. The predicted molar refractivity (Wildman–Crippen MR) is 121 cm³/mol. The first-order valence-electron chi connectivity index (χ1n) is 10.7. The van der Waals surface area contributed by atoms with Crippen molar-refractivity contribution in [3.63, 3.8) is 0 Å². The Morgan fingerprint density at radius 2 is 1.43 bits per heavy atom. The summed E-state index contributed by atoms with van der Waals surface area (Å²) in [5, 5.41) is 3.55. The van der Waals surface area contributed by atoms with E-state index in [4.69, 9.17) is 0 Å². The smallest absolute Gasteiger partial charge is 0.247 e. The first-order chi connectivity index (χ1) is 14.8. The minimum absolute atomic E-state index is 0.0962. The van der Waals surface area contributed by atoms with Crippen LogP contribution in [0.1, 0.15) is 33.9 Å². The van der Waals surface area contributed by atoms with Crippen molar-refractivity contribution in [1.82, 2.24) is 10.2 Å². The van der Waals surface area contributed by atoms with Crippen molar-refractivity contribution in [2.45, 2.75) is 18.9 Å². The second kappa shape index (κ2) is 8.29. The largest absolute Gasteiger partial charge is 0.336 e. The summed E-state index contributed by atoms with van der Waals surface area (Å²) in [5.74, 6) is 0.0962. The highest BCUT2D eigenvalue weighted by Gasteiger charge is 2.25. The third-order valence-corrected chi connectivity index (χ3v) is 6.24. The van der Waals surface area contributed by atoms with E-state index in [-0.39, 0.29) is 11.9 Å². The number of hydrogen-bond acceptors (Lipinski definition) is 2. The quantitative estimate of drug-likeness (QED) is 0.654. The molecule has 1 fully saturated rings. The lowest BCUT2D eigenvalue weighted by molar-refractivity contribution is -0.127. The second-order valence-electron chi connectivity index (χ2n) is 8.07. The maximum absolute atomic E-state index is 13.4. The van der Waals surface area contributed by atoms with E-state index in [0.717, 1.165) is 31.5 Å². The van der Waals surface area contributed by atoms with Crippen LogP contribution < -0.4 is 5.32 Å². The minimum atomic E-state index is 0.0962. The molecule has 1 saturated heterocycles. The Kier molecular flexibility index (Phi) is 5.20. The van der Waals surface area contributed by atoms with Crippen LogP contribution in [0, 0.1) is 0 Å². The summed E-state index contributed by atoms with van der Waals surface area (Å²) in [7, 11) is 0. The maximum Gasteiger partial charge on any atom is 0.247 e. The molecule has 0 aromatic heterocycles. The predicted octanol–water partition coefficient (Wildman–Crippen LogP) is 4.39. The van der Waals surface area contributed by atoms with E-state index in [2.05, 4.69) is 78.1 Å². The van der Waals surface area contributed by atoms with Gasteiger partial charge in [0.25, 0.3) is 0 Å². The Balaban J connectivity index is 1.49. The van der Waals surface area contributed by atoms with Crippen LogP contribution in [-0.4, -0.2) is 30.4 Å². The van der Waals surface area contributed by atoms with Gasteiger partial charge in [-0.25, -0.2) is 0 Å². The van der Waals surface area contributed by atoms with Gasteiger partial charge >= 0.3 is 0 Å². The van der Waals surface area contributed by atoms with E-state index in [1.165, 1.54) is 27.8 Å². The number of rotatable bonds is 2. The number of hydrogen-bond donors (Lipinski definition) is 1. The molecule has 0 saturated carbocycles. The van der Waals surface area contributed by atoms with Crippen LogP contribution >= 0.6 is 0 Å². The van der Waals surface area contributed by atoms with Crippen LogP contribution in [-0.2, 0) is 17.6 Å². The standard InChI is InChI=1S/C27H26N2O/c30-27(29-17-16-28-26(19-29)22-10-2-1-3-11-22)18-25-23-12-6-4-8-20(23)14-15-21-9-5-7-13-24(21)25/h1-13,18,26,28H,14-17,19H2. The third kappa shape index (κ3) is 3.69. The number of nitrogens with one attached hydrogen (secondary N) is 1. The summed E-state index contributed by atoms with van der Waals surface area (Å²) < 4.78 is 0. The number of fused-ring (bicyclic) bond motifs is 2. The van der Waals surface area contributed by atoms with E-state index >= 15 is 0 Å². The van der Waals surface area contributed by atoms with Crippen molar-refractivity contribution in [1.29, 1.82) is 0 Å². The Hall–Kier alpha value is -3.17. The van der Waals surface area contributed by atoms with E-state index < -0.39 is 0 Å². The molecule has 3 heteroatoms. The summed E-state index contributed by atoms with van der Waals surface area (Å²) >= 11 is 0. The van der Waals surface area contributed by atoms with Crippen LogP contribution in [0.4, 0.5) is 0 Å². The van der Waals surface area contributed by atoms with E-state index in [0.29, 0.717) is 6.54 Å². The number of aryl methyl sites for hydroxylation is 2. The lowest BCUT2D eigenvalue weighted by atomic mass is 9.93. The molecular formula is C27H26N2O. The van der Waals surface area contributed by atoms with Crippen molar-refractivity contribution >= 4 is 11.5 Å². The molecule has 0 radical (unpaired) electrons. The van der Waals surface area contributed by atoms with Crippen molar-refractivity contribution < 1.29 is 4.79 Å². The molecule has 1 N–H and O–H groups in total. The average molecular weight is 395 g/mol. The van der Waals surface area contributed by atoms with Crippen LogP contribution in [0.3, 0.4) is 0 Å². The van der Waals surface area contributed by atoms with Gasteiger partial charge in [-0.1, -0.05) is 78.9 Å². The summed E-state index contributed by atoms with van der Waals surface area (Å²) in [4.78, 5) is 15.4. The fourth-order valence-electron chi connectivity index (χ4n) is 4.65. The molecule has 1 heterocycles. The summed E-state index contributed by atoms with van der Waals surface area (Å²) in [6.45, 7) is 2.23. The molecule has 1 amide bonds. The van der Waals surface area contributed by atoms with Crippen LogP contribution in [0.2, 0.25) is 0 Å². The molecule has 1 aliphatic carbocycles. The fourth-order valence-corrected chi connectivity index (χ4v) is 4.65. The van der Waals surface area contributed by atoms with E-state index in [1.54, 1.807) is 0 Å². The number of carbonyl (C=O) groups excluding carboxylic acids is 1. The van der Waals surface area contributed by atoms with Gasteiger partial charge in [0.15, 0.2) is 0 Å². The van der Waals surface area contributed by atoms with E-state index in [1.807, 2.05) is 17.0 Å². The highest BCUT2D eigenvalue weighted by Crippen LogP contribution is 2.33. The zero-order valence-corrected chi connectivity index (χ0v) is 17.1.